The summed E-state index contributed by atoms with van der Waals surface area (Å²) in [6.45, 7) is 0. The van der Waals surface area contributed by atoms with Gasteiger partial charge in [-0.25, -0.2) is 9.29 Å². The number of nitrogens with zero attached hydrogens (tertiary/aromatic N) is 1. The van der Waals surface area contributed by atoms with Gasteiger partial charge in [0, 0.05) is 5.56 Å². The van der Waals surface area contributed by atoms with Gasteiger partial charge < -0.3 is 0 Å². The summed E-state index contributed by atoms with van der Waals surface area (Å²) < 4.78 is 13.4. The molecule has 4 aromatic carbocycles. The van der Waals surface area contributed by atoms with Crippen LogP contribution in [0.15, 0.2) is 83.8 Å². The average molecular weight is 444 g/mol. The van der Waals surface area contributed by atoms with Crippen LogP contribution >= 0.6 is 24.0 Å². The van der Waals surface area contributed by atoms with E-state index in [-0.39, 0.29) is 9.88 Å². The van der Waals surface area contributed by atoms with E-state index in [0.29, 0.717) is 4.91 Å². The molecule has 0 aromatic heterocycles. The van der Waals surface area contributed by atoms with Gasteiger partial charge in [0.1, 0.15) is 5.82 Å². The third kappa shape index (κ3) is 3.44. The van der Waals surface area contributed by atoms with Crippen molar-refractivity contribution in [2.75, 3.05) is 0 Å². The van der Waals surface area contributed by atoms with Crippen molar-refractivity contribution >= 4 is 67.7 Å². The molecule has 1 aliphatic rings. The van der Waals surface area contributed by atoms with Crippen LogP contribution in [0.5, 0.6) is 0 Å². The van der Waals surface area contributed by atoms with Crippen molar-refractivity contribution in [3.8, 4) is 0 Å². The molecule has 0 atom stereocenters. The smallest absolute Gasteiger partial charge is 0.268 e. The normalized spacial score (nSPS) is 15.4. The molecule has 1 fully saturated rings. The maximum atomic E-state index is 13.2. The number of hydrogen-bond donors (Lipinski definition) is 0. The van der Waals surface area contributed by atoms with Crippen molar-refractivity contribution < 1.29 is 14.0 Å². The SMILES string of the molecule is O=C1C(=Cc2c3ccccc3cc3ccccc23)SC(=S)N1C(=O)c1ccc(F)cc1. The summed E-state index contributed by atoms with van der Waals surface area (Å²) in [6.07, 6.45) is 1.81. The van der Waals surface area contributed by atoms with Gasteiger partial charge in [-0.3, -0.25) is 9.59 Å². The van der Waals surface area contributed by atoms with E-state index in [1.165, 1.54) is 24.3 Å². The van der Waals surface area contributed by atoms with Crippen LogP contribution in [0.3, 0.4) is 0 Å². The first kappa shape index (κ1) is 19.6. The van der Waals surface area contributed by atoms with E-state index < -0.39 is 17.6 Å². The number of rotatable bonds is 2. The lowest BCUT2D eigenvalue weighted by atomic mass is 9.96. The molecule has 0 aliphatic carbocycles. The van der Waals surface area contributed by atoms with Gasteiger partial charge in [0.15, 0.2) is 4.32 Å². The Morgan fingerprint density at radius 3 is 2.10 bits per heavy atom. The predicted molar refractivity (Wildman–Crippen MR) is 127 cm³/mol. The van der Waals surface area contributed by atoms with Gasteiger partial charge >= 0.3 is 0 Å². The summed E-state index contributed by atoms with van der Waals surface area (Å²) in [4.78, 5) is 27.3. The zero-order chi connectivity index (χ0) is 21.5. The molecule has 5 rings (SSSR count). The summed E-state index contributed by atoms with van der Waals surface area (Å²) in [7, 11) is 0. The number of halogens is 1. The summed E-state index contributed by atoms with van der Waals surface area (Å²) in [5.74, 6) is -1.49. The highest BCUT2D eigenvalue weighted by Gasteiger charge is 2.37. The molecule has 2 amide bonds. The molecule has 0 bridgehead atoms. The molecular formula is C25H14FNO2S2. The summed E-state index contributed by atoms with van der Waals surface area (Å²) in [6, 6.07) is 23.1. The molecule has 1 saturated heterocycles. The molecular weight excluding hydrogens is 429 g/mol. The molecule has 6 heteroatoms. The van der Waals surface area contributed by atoms with E-state index >= 15 is 0 Å². The Labute approximate surface area is 187 Å². The Balaban J connectivity index is 1.61. The molecule has 150 valence electrons. The number of fused-ring (bicyclic) bond motifs is 2. The van der Waals surface area contributed by atoms with Gasteiger partial charge in [-0.1, -0.05) is 72.5 Å². The van der Waals surface area contributed by atoms with Gasteiger partial charge in [-0.2, -0.15) is 0 Å². The number of thiocarbonyl (C=S) groups is 1. The van der Waals surface area contributed by atoms with Gasteiger partial charge in [-0.05, 0) is 63.5 Å². The molecule has 1 aliphatic heterocycles. The second-order valence-corrected chi connectivity index (χ2v) is 8.74. The number of imide groups is 1. The van der Waals surface area contributed by atoms with Crippen molar-refractivity contribution in [1.29, 1.82) is 0 Å². The summed E-state index contributed by atoms with van der Waals surface area (Å²) in [5, 5.41) is 4.14. The Morgan fingerprint density at radius 1 is 0.903 bits per heavy atom. The van der Waals surface area contributed by atoms with E-state index in [2.05, 4.69) is 6.07 Å². The zero-order valence-corrected chi connectivity index (χ0v) is 17.7. The van der Waals surface area contributed by atoms with Gasteiger partial charge in [-0.15, -0.1) is 0 Å². The molecule has 3 nitrogen and oxygen atoms in total. The second kappa shape index (κ2) is 7.72. The molecule has 0 N–H and O–H groups in total. The number of carbonyl (C=O) groups excluding carboxylic acids is 2. The van der Waals surface area contributed by atoms with E-state index in [1.54, 1.807) is 0 Å². The maximum Gasteiger partial charge on any atom is 0.273 e. The minimum Gasteiger partial charge on any atom is -0.268 e. The predicted octanol–water partition coefficient (Wildman–Crippen LogP) is 6.17. The molecule has 31 heavy (non-hydrogen) atoms. The third-order valence-corrected chi connectivity index (χ3v) is 6.48. The quantitative estimate of drug-likeness (QED) is 0.161. The third-order valence-electron chi connectivity index (χ3n) is 5.18. The topological polar surface area (TPSA) is 37.4 Å². The average Bonchev–Trinajstić information content (AvgIpc) is 3.06. The van der Waals surface area contributed by atoms with Crippen LogP contribution in [0.2, 0.25) is 0 Å². The maximum absolute atomic E-state index is 13.2. The first-order valence-corrected chi connectivity index (χ1v) is 10.7. The zero-order valence-electron chi connectivity index (χ0n) is 16.0. The summed E-state index contributed by atoms with van der Waals surface area (Å²) in [5.41, 5.74) is 1.11. The Morgan fingerprint density at radius 2 is 1.48 bits per heavy atom. The number of hydrogen-bond acceptors (Lipinski definition) is 4. The highest BCUT2D eigenvalue weighted by atomic mass is 32.2. The highest BCUT2D eigenvalue weighted by Crippen LogP contribution is 2.37. The Kier molecular flexibility index (Phi) is 4.88. The molecule has 4 aromatic rings. The molecule has 0 spiro atoms. The number of carbonyl (C=O) groups is 2. The van der Waals surface area contributed by atoms with Gasteiger partial charge in [0.25, 0.3) is 11.8 Å². The van der Waals surface area contributed by atoms with Gasteiger partial charge in [0.05, 0.1) is 4.91 Å². The number of thioether (sulfide) groups is 1. The lowest BCUT2D eigenvalue weighted by Crippen LogP contribution is -2.34. The van der Waals surface area contributed by atoms with Crippen LogP contribution in [-0.2, 0) is 4.79 Å². The fraction of sp³-hybridized carbons (Fsp3) is 0. The van der Waals surface area contributed by atoms with Crippen LogP contribution in [0.1, 0.15) is 15.9 Å². The van der Waals surface area contributed by atoms with E-state index in [4.69, 9.17) is 12.2 Å². The first-order valence-electron chi connectivity index (χ1n) is 9.51. The van der Waals surface area contributed by atoms with Crippen LogP contribution < -0.4 is 0 Å². The van der Waals surface area contributed by atoms with E-state index in [9.17, 15) is 14.0 Å². The molecule has 0 unspecified atom stereocenters. The van der Waals surface area contributed by atoms with Crippen molar-refractivity contribution in [2.45, 2.75) is 0 Å². The largest absolute Gasteiger partial charge is 0.273 e. The van der Waals surface area contributed by atoms with Crippen molar-refractivity contribution in [1.82, 2.24) is 4.90 Å². The standard InChI is InChI=1S/C25H14FNO2S2/c26-18-11-9-15(10-12-18)23(28)27-24(29)22(31-25(27)30)14-21-19-7-3-1-5-16(19)13-17-6-2-4-8-20(17)21/h1-14H. The van der Waals surface area contributed by atoms with Crippen molar-refractivity contribution in [3.63, 3.8) is 0 Å². The summed E-state index contributed by atoms with van der Waals surface area (Å²) >= 11 is 6.43. The van der Waals surface area contributed by atoms with Crippen molar-refractivity contribution in [2.24, 2.45) is 0 Å². The fourth-order valence-electron chi connectivity index (χ4n) is 3.70. The Bertz CT molecular complexity index is 1370. The first-order chi connectivity index (χ1) is 15.0. The monoisotopic (exact) mass is 443 g/mol. The lowest BCUT2D eigenvalue weighted by molar-refractivity contribution is -0.120. The van der Waals surface area contributed by atoms with Crippen LogP contribution in [-0.4, -0.2) is 21.0 Å². The van der Waals surface area contributed by atoms with E-state index in [0.717, 1.165) is 43.8 Å². The van der Waals surface area contributed by atoms with Crippen LogP contribution in [0.25, 0.3) is 27.6 Å². The van der Waals surface area contributed by atoms with Crippen LogP contribution in [0, 0.1) is 5.82 Å². The second-order valence-electron chi connectivity index (χ2n) is 7.06. The lowest BCUT2D eigenvalue weighted by Gasteiger charge is -2.12. The van der Waals surface area contributed by atoms with E-state index in [1.807, 2.05) is 54.6 Å². The number of benzene rings is 4. The molecule has 0 radical (unpaired) electrons. The fourth-order valence-corrected chi connectivity index (χ4v) is 4.94. The molecule has 1 heterocycles. The minimum absolute atomic E-state index is 0.162. The number of amides is 2. The Hall–Kier alpha value is -3.35. The van der Waals surface area contributed by atoms with Gasteiger partial charge in [0.2, 0.25) is 0 Å². The molecule has 0 saturated carbocycles. The minimum atomic E-state index is -0.561. The van der Waals surface area contributed by atoms with Crippen molar-refractivity contribution in [3.05, 3.63) is 101 Å². The van der Waals surface area contributed by atoms with Crippen LogP contribution in [0.4, 0.5) is 4.39 Å². The highest BCUT2D eigenvalue weighted by molar-refractivity contribution is 8.26.